The molecule has 3 rings (SSSR count). The number of piperidine rings is 1. The molecule has 1 saturated heterocycles. The fourth-order valence-corrected chi connectivity index (χ4v) is 2.99. The number of carbonyl (C=O) groups excluding carboxylic acids is 2. The number of nitrogens with one attached hydrogen (secondary N) is 2. The van der Waals surface area contributed by atoms with Gasteiger partial charge in [0.05, 0.1) is 11.8 Å². The molecule has 2 aromatic heterocycles. The molecule has 0 bridgehead atoms. The van der Waals surface area contributed by atoms with Crippen LogP contribution >= 0.6 is 0 Å². The van der Waals surface area contributed by atoms with Crippen LogP contribution in [-0.4, -0.2) is 57.4 Å². The lowest BCUT2D eigenvalue weighted by Crippen LogP contribution is -2.41. The first-order valence-corrected chi connectivity index (χ1v) is 9.18. The Morgan fingerprint density at radius 3 is 2.85 bits per heavy atom. The second-order valence-corrected chi connectivity index (χ2v) is 7.06. The van der Waals surface area contributed by atoms with Gasteiger partial charge in [0.25, 0.3) is 5.91 Å². The minimum absolute atomic E-state index is 0.0391. The maximum atomic E-state index is 12.4. The number of ether oxygens (including phenoxy) is 1. The second kappa shape index (κ2) is 8.20. The fraction of sp³-hybridized carbons (Fsp3) is 0.474. The van der Waals surface area contributed by atoms with Crippen molar-refractivity contribution in [1.29, 1.82) is 0 Å². The van der Waals surface area contributed by atoms with Gasteiger partial charge in [0, 0.05) is 38.7 Å². The van der Waals surface area contributed by atoms with Gasteiger partial charge in [-0.1, -0.05) is 20.4 Å². The number of hydrogen-bond donors (Lipinski definition) is 2. The van der Waals surface area contributed by atoms with Crippen LogP contribution in [-0.2, 0) is 4.79 Å². The summed E-state index contributed by atoms with van der Waals surface area (Å²) in [6, 6.07) is 0. The van der Waals surface area contributed by atoms with Crippen LogP contribution in [0.15, 0.2) is 25.0 Å². The third-order valence-electron chi connectivity index (χ3n) is 4.49. The molecule has 8 nitrogen and oxygen atoms in total. The van der Waals surface area contributed by atoms with Crippen molar-refractivity contribution in [3.8, 4) is 5.88 Å². The summed E-state index contributed by atoms with van der Waals surface area (Å²) >= 11 is 0. The molecular formula is C19H25N5O3. The predicted octanol–water partition coefficient (Wildman–Crippen LogP) is 1.90. The Morgan fingerprint density at radius 2 is 2.19 bits per heavy atom. The number of hydrogen-bond acceptors (Lipinski definition) is 5. The maximum Gasteiger partial charge on any atom is 0.255 e. The third kappa shape index (κ3) is 4.45. The molecule has 0 atom stereocenters. The van der Waals surface area contributed by atoms with Crippen LogP contribution in [0.1, 0.15) is 37.0 Å². The molecule has 144 valence electrons. The number of rotatable bonds is 6. The van der Waals surface area contributed by atoms with E-state index in [-0.39, 0.29) is 17.9 Å². The van der Waals surface area contributed by atoms with E-state index >= 15 is 0 Å². The molecule has 1 aliphatic rings. The number of aromatic nitrogens is 3. The van der Waals surface area contributed by atoms with Crippen LogP contribution in [0.25, 0.3) is 11.2 Å². The molecule has 1 aliphatic heterocycles. The summed E-state index contributed by atoms with van der Waals surface area (Å²) in [5.41, 5.74) is 1.49. The molecule has 27 heavy (non-hydrogen) atoms. The lowest BCUT2D eigenvalue weighted by atomic mass is 10.1. The number of carbonyl (C=O) groups is 2. The molecule has 1 fully saturated rings. The van der Waals surface area contributed by atoms with Gasteiger partial charge in [-0.25, -0.2) is 9.97 Å². The molecule has 0 aliphatic carbocycles. The number of H-pyrrole nitrogens is 1. The Balaban J connectivity index is 1.68. The molecule has 2 N–H and O–H groups in total. The Bertz CT molecular complexity index is 837. The standard InChI is InChI=1S/C19H25N5O3/c1-4-16(25)24-7-5-13(6-8-24)27-15-11-21-18-17(23-15)14(10-20-18)19(26)22-9-12(2)3/h4,10-13H,1,5-9H2,2-3H3,(H,20,21)(H,22,26). The molecule has 2 aromatic rings. The highest BCUT2D eigenvalue weighted by Crippen LogP contribution is 2.21. The van der Waals surface area contributed by atoms with Crippen molar-refractivity contribution in [1.82, 2.24) is 25.2 Å². The van der Waals surface area contributed by atoms with Gasteiger partial charge >= 0.3 is 0 Å². The smallest absolute Gasteiger partial charge is 0.255 e. The monoisotopic (exact) mass is 371 g/mol. The van der Waals surface area contributed by atoms with Gasteiger partial charge in [-0.3, -0.25) is 9.59 Å². The van der Waals surface area contributed by atoms with Gasteiger partial charge in [0.1, 0.15) is 11.6 Å². The maximum absolute atomic E-state index is 12.4. The van der Waals surface area contributed by atoms with Gasteiger partial charge in [-0.2, -0.15) is 0 Å². The zero-order valence-corrected chi connectivity index (χ0v) is 15.7. The lowest BCUT2D eigenvalue weighted by Gasteiger charge is -2.31. The number of aromatic amines is 1. The molecule has 0 radical (unpaired) electrons. The highest BCUT2D eigenvalue weighted by atomic mass is 16.5. The first-order valence-electron chi connectivity index (χ1n) is 9.18. The summed E-state index contributed by atoms with van der Waals surface area (Å²) in [4.78, 5) is 37.5. The van der Waals surface area contributed by atoms with Crippen molar-refractivity contribution in [3.05, 3.63) is 30.6 Å². The number of fused-ring (bicyclic) bond motifs is 1. The van der Waals surface area contributed by atoms with Crippen LogP contribution in [0.2, 0.25) is 0 Å². The summed E-state index contributed by atoms with van der Waals surface area (Å²) in [5.74, 6) is 0.508. The van der Waals surface area contributed by atoms with E-state index in [2.05, 4.69) is 26.8 Å². The molecule has 3 heterocycles. The molecule has 0 unspecified atom stereocenters. The zero-order valence-electron chi connectivity index (χ0n) is 15.7. The first kappa shape index (κ1) is 18.9. The molecule has 0 spiro atoms. The van der Waals surface area contributed by atoms with E-state index < -0.39 is 0 Å². The summed E-state index contributed by atoms with van der Waals surface area (Å²) in [6.45, 7) is 9.43. The van der Waals surface area contributed by atoms with Gasteiger partial charge < -0.3 is 19.9 Å². The van der Waals surface area contributed by atoms with Crippen LogP contribution in [0, 0.1) is 5.92 Å². The summed E-state index contributed by atoms with van der Waals surface area (Å²) < 4.78 is 5.94. The largest absolute Gasteiger partial charge is 0.473 e. The average molecular weight is 371 g/mol. The van der Waals surface area contributed by atoms with E-state index in [9.17, 15) is 9.59 Å². The first-order chi connectivity index (χ1) is 13.0. The van der Waals surface area contributed by atoms with Crippen molar-refractivity contribution in [3.63, 3.8) is 0 Å². The minimum Gasteiger partial charge on any atom is -0.473 e. The van der Waals surface area contributed by atoms with E-state index in [0.29, 0.717) is 61.0 Å². The minimum atomic E-state index is -0.183. The van der Waals surface area contributed by atoms with Crippen LogP contribution in [0.5, 0.6) is 5.88 Å². The van der Waals surface area contributed by atoms with Crippen molar-refractivity contribution in [2.24, 2.45) is 5.92 Å². The molecular weight excluding hydrogens is 346 g/mol. The lowest BCUT2D eigenvalue weighted by molar-refractivity contribution is -0.127. The summed E-state index contributed by atoms with van der Waals surface area (Å²) in [6.07, 6.45) is 5.89. The van der Waals surface area contributed by atoms with Crippen molar-refractivity contribution >= 4 is 23.0 Å². The number of likely N-dealkylation sites (tertiary alicyclic amines) is 1. The quantitative estimate of drug-likeness (QED) is 0.756. The SMILES string of the molecule is C=CC(=O)N1CCC(Oc2cnc3[nH]cc(C(=O)NCC(C)C)c3n2)CC1. The van der Waals surface area contributed by atoms with Gasteiger partial charge in [0.15, 0.2) is 5.65 Å². The number of amides is 2. The predicted molar refractivity (Wildman–Crippen MR) is 101 cm³/mol. The zero-order chi connectivity index (χ0) is 19.4. The molecule has 0 aromatic carbocycles. The van der Waals surface area contributed by atoms with Crippen LogP contribution < -0.4 is 10.1 Å². The normalized spacial score (nSPS) is 15.1. The molecule has 8 heteroatoms. The van der Waals surface area contributed by atoms with Gasteiger partial charge in [-0.15, -0.1) is 0 Å². The van der Waals surface area contributed by atoms with Crippen molar-refractivity contribution in [2.75, 3.05) is 19.6 Å². The second-order valence-electron chi connectivity index (χ2n) is 7.06. The van der Waals surface area contributed by atoms with Crippen molar-refractivity contribution < 1.29 is 14.3 Å². The Kier molecular flexibility index (Phi) is 5.73. The van der Waals surface area contributed by atoms with E-state index in [1.54, 1.807) is 17.3 Å². The molecule has 0 saturated carbocycles. The fourth-order valence-electron chi connectivity index (χ4n) is 2.99. The highest BCUT2D eigenvalue weighted by molar-refractivity contribution is 6.04. The summed E-state index contributed by atoms with van der Waals surface area (Å²) in [7, 11) is 0. The van der Waals surface area contributed by atoms with Gasteiger partial charge in [0.2, 0.25) is 11.8 Å². The highest BCUT2D eigenvalue weighted by Gasteiger charge is 2.23. The Hall–Kier alpha value is -2.90. The van der Waals surface area contributed by atoms with Crippen LogP contribution in [0.3, 0.4) is 0 Å². The van der Waals surface area contributed by atoms with Crippen molar-refractivity contribution in [2.45, 2.75) is 32.8 Å². The molecule has 2 amide bonds. The summed E-state index contributed by atoms with van der Waals surface area (Å²) in [5, 5.41) is 2.89. The Labute approximate surface area is 158 Å². The van der Waals surface area contributed by atoms with E-state index in [1.165, 1.54) is 6.08 Å². The third-order valence-corrected chi connectivity index (χ3v) is 4.49. The van der Waals surface area contributed by atoms with Gasteiger partial charge in [-0.05, 0) is 12.0 Å². The van der Waals surface area contributed by atoms with E-state index in [1.807, 2.05) is 13.8 Å². The topological polar surface area (TPSA) is 100 Å². The average Bonchev–Trinajstić information content (AvgIpc) is 3.09. The van der Waals surface area contributed by atoms with Crippen LogP contribution in [0.4, 0.5) is 0 Å². The number of nitrogens with zero attached hydrogens (tertiary/aromatic N) is 3. The Morgan fingerprint density at radius 1 is 1.44 bits per heavy atom. The van der Waals surface area contributed by atoms with E-state index in [0.717, 1.165) is 0 Å². The van der Waals surface area contributed by atoms with E-state index in [4.69, 9.17) is 4.74 Å².